The highest BCUT2D eigenvalue weighted by Crippen LogP contribution is 2.16. The van der Waals surface area contributed by atoms with Gasteiger partial charge < -0.3 is 5.32 Å². The predicted octanol–water partition coefficient (Wildman–Crippen LogP) is 3.59. The molecule has 0 aliphatic carbocycles. The molecule has 0 unspecified atom stereocenters. The Balaban J connectivity index is 2.16. The van der Waals surface area contributed by atoms with Crippen molar-refractivity contribution >= 4 is 5.69 Å². The van der Waals surface area contributed by atoms with Gasteiger partial charge in [0.25, 0.3) is 0 Å². The van der Waals surface area contributed by atoms with Crippen molar-refractivity contribution in [1.29, 1.82) is 5.26 Å². The lowest BCUT2D eigenvalue weighted by molar-refractivity contribution is 0.584. The van der Waals surface area contributed by atoms with Crippen molar-refractivity contribution in [3.05, 3.63) is 65.0 Å². The van der Waals surface area contributed by atoms with E-state index in [2.05, 4.69) is 5.32 Å². The molecule has 0 spiro atoms. The summed E-state index contributed by atoms with van der Waals surface area (Å²) in [7, 11) is 0. The van der Waals surface area contributed by atoms with E-state index in [9.17, 15) is 13.2 Å². The first kappa shape index (κ1) is 13.0. The molecule has 2 rings (SSSR count). The van der Waals surface area contributed by atoms with E-state index < -0.39 is 17.5 Å². The van der Waals surface area contributed by atoms with Gasteiger partial charge in [0.2, 0.25) is 0 Å². The lowest BCUT2D eigenvalue weighted by Gasteiger charge is -2.08. The van der Waals surface area contributed by atoms with Crippen molar-refractivity contribution in [2.75, 3.05) is 5.32 Å². The number of nitrogens with zero attached hydrogens (tertiary/aromatic N) is 1. The van der Waals surface area contributed by atoms with E-state index in [0.717, 1.165) is 18.2 Å². The zero-order chi connectivity index (χ0) is 13.8. The summed E-state index contributed by atoms with van der Waals surface area (Å²) in [6.45, 7) is 0.0320. The fourth-order valence-electron chi connectivity index (χ4n) is 1.63. The van der Waals surface area contributed by atoms with Crippen LogP contribution < -0.4 is 5.32 Å². The number of halogens is 3. The van der Waals surface area contributed by atoms with E-state index in [-0.39, 0.29) is 17.8 Å². The summed E-state index contributed by atoms with van der Waals surface area (Å²) in [5.74, 6) is -1.91. The van der Waals surface area contributed by atoms with Crippen LogP contribution in [0.3, 0.4) is 0 Å². The molecule has 0 saturated carbocycles. The van der Waals surface area contributed by atoms with Crippen LogP contribution in [0.5, 0.6) is 0 Å². The maximum Gasteiger partial charge on any atom is 0.128 e. The van der Waals surface area contributed by atoms with Crippen molar-refractivity contribution in [2.24, 2.45) is 0 Å². The van der Waals surface area contributed by atoms with E-state index in [4.69, 9.17) is 5.26 Å². The third-order valence-electron chi connectivity index (χ3n) is 2.52. The number of hydrogen-bond donors (Lipinski definition) is 1. The average Bonchev–Trinajstić information content (AvgIpc) is 2.37. The number of nitrogens with one attached hydrogen (secondary N) is 1. The Morgan fingerprint density at radius 2 is 1.68 bits per heavy atom. The second-order valence-corrected chi connectivity index (χ2v) is 3.93. The summed E-state index contributed by atoms with van der Waals surface area (Å²) in [6, 6.07) is 8.79. The summed E-state index contributed by atoms with van der Waals surface area (Å²) in [4.78, 5) is 0. The number of hydrogen-bond acceptors (Lipinski definition) is 2. The van der Waals surface area contributed by atoms with Crippen molar-refractivity contribution in [2.45, 2.75) is 6.54 Å². The minimum Gasteiger partial charge on any atom is -0.381 e. The lowest BCUT2D eigenvalue weighted by atomic mass is 10.1. The third-order valence-corrected chi connectivity index (χ3v) is 2.52. The number of anilines is 1. The number of benzene rings is 2. The first-order chi connectivity index (χ1) is 9.08. The molecular formula is C14H9F3N2. The topological polar surface area (TPSA) is 35.8 Å². The van der Waals surface area contributed by atoms with Gasteiger partial charge in [-0.05, 0) is 30.3 Å². The Bertz CT molecular complexity index is 627. The van der Waals surface area contributed by atoms with Crippen LogP contribution in [0.2, 0.25) is 0 Å². The van der Waals surface area contributed by atoms with E-state index in [1.807, 2.05) is 6.07 Å². The predicted molar refractivity (Wildman–Crippen MR) is 64.8 cm³/mol. The third kappa shape index (κ3) is 3.26. The molecule has 0 saturated heterocycles. The van der Waals surface area contributed by atoms with Gasteiger partial charge in [-0.2, -0.15) is 5.26 Å². The quantitative estimate of drug-likeness (QED) is 0.917. The second-order valence-electron chi connectivity index (χ2n) is 3.93. The van der Waals surface area contributed by atoms with Crippen molar-refractivity contribution in [3.8, 4) is 6.07 Å². The number of nitriles is 1. The van der Waals surface area contributed by atoms with Crippen LogP contribution in [0.4, 0.5) is 18.9 Å². The molecule has 2 nitrogen and oxygen atoms in total. The van der Waals surface area contributed by atoms with E-state index >= 15 is 0 Å². The van der Waals surface area contributed by atoms with Crippen molar-refractivity contribution in [3.63, 3.8) is 0 Å². The fourth-order valence-corrected chi connectivity index (χ4v) is 1.63. The van der Waals surface area contributed by atoms with Crippen LogP contribution in [0.25, 0.3) is 0 Å². The first-order valence-electron chi connectivity index (χ1n) is 5.47. The summed E-state index contributed by atoms with van der Waals surface area (Å²) in [5, 5.41) is 11.4. The van der Waals surface area contributed by atoms with Gasteiger partial charge in [-0.15, -0.1) is 0 Å². The molecule has 1 N–H and O–H groups in total. The molecule has 0 fully saturated rings. The average molecular weight is 262 g/mol. The SMILES string of the molecule is N#Cc1ccc(F)c(CNc2cc(F)cc(F)c2)c1. The Morgan fingerprint density at radius 3 is 2.32 bits per heavy atom. The normalized spacial score (nSPS) is 10.0. The first-order valence-corrected chi connectivity index (χ1v) is 5.47. The summed E-state index contributed by atoms with van der Waals surface area (Å²) < 4.78 is 39.4. The molecule has 0 aromatic heterocycles. The molecule has 0 aliphatic rings. The lowest BCUT2D eigenvalue weighted by Crippen LogP contribution is -2.03. The van der Waals surface area contributed by atoms with E-state index in [0.29, 0.717) is 5.56 Å². The van der Waals surface area contributed by atoms with Gasteiger partial charge in [-0.3, -0.25) is 0 Å². The fraction of sp³-hybridized carbons (Fsp3) is 0.0714. The zero-order valence-corrected chi connectivity index (χ0v) is 9.75. The molecule has 0 atom stereocenters. The van der Waals surface area contributed by atoms with Crippen LogP contribution in [-0.4, -0.2) is 0 Å². The monoisotopic (exact) mass is 262 g/mol. The summed E-state index contributed by atoms with van der Waals surface area (Å²) in [5.41, 5.74) is 0.784. The molecule has 0 aliphatic heterocycles. The molecule has 2 aromatic carbocycles. The maximum atomic E-state index is 13.5. The molecule has 2 aromatic rings. The minimum atomic E-state index is -0.714. The molecule has 0 bridgehead atoms. The minimum absolute atomic E-state index is 0.0320. The van der Waals surface area contributed by atoms with Crippen LogP contribution >= 0.6 is 0 Å². The molecule has 0 radical (unpaired) electrons. The molecule has 19 heavy (non-hydrogen) atoms. The van der Waals surface area contributed by atoms with Gasteiger partial charge in [-0.1, -0.05) is 0 Å². The van der Waals surface area contributed by atoms with Gasteiger partial charge in [0, 0.05) is 23.9 Å². The number of rotatable bonds is 3. The molecule has 5 heteroatoms. The Kier molecular flexibility index (Phi) is 3.71. The Morgan fingerprint density at radius 1 is 1.00 bits per heavy atom. The summed E-state index contributed by atoms with van der Waals surface area (Å²) in [6.07, 6.45) is 0. The van der Waals surface area contributed by atoms with Gasteiger partial charge in [0.05, 0.1) is 11.6 Å². The van der Waals surface area contributed by atoms with Crippen molar-refractivity contribution in [1.82, 2.24) is 0 Å². The van der Waals surface area contributed by atoms with Crippen LogP contribution in [0, 0.1) is 28.8 Å². The zero-order valence-electron chi connectivity index (χ0n) is 9.75. The highest BCUT2D eigenvalue weighted by molar-refractivity contribution is 5.45. The highest BCUT2D eigenvalue weighted by Gasteiger charge is 2.05. The van der Waals surface area contributed by atoms with E-state index in [1.165, 1.54) is 18.2 Å². The van der Waals surface area contributed by atoms with Gasteiger partial charge >= 0.3 is 0 Å². The summed E-state index contributed by atoms with van der Waals surface area (Å²) >= 11 is 0. The largest absolute Gasteiger partial charge is 0.381 e. The highest BCUT2D eigenvalue weighted by atomic mass is 19.1. The molecular weight excluding hydrogens is 253 g/mol. The smallest absolute Gasteiger partial charge is 0.128 e. The van der Waals surface area contributed by atoms with Crippen molar-refractivity contribution < 1.29 is 13.2 Å². The van der Waals surface area contributed by atoms with Crippen LogP contribution in [-0.2, 0) is 6.54 Å². The van der Waals surface area contributed by atoms with Gasteiger partial charge in [0.15, 0.2) is 0 Å². The molecule has 0 heterocycles. The van der Waals surface area contributed by atoms with Gasteiger partial charge in [-0.25, -0.2) is 13.2 Å². The van der Waals surface area contributed by atoms with E-state index in [1.54, 1.807) is 0 Å². The molecule has 96 valence electrons. The molecule has 0 amide bonds. The Labute approximate surface area is 108 Å². The van der Waals surface area contributed by atoms with Gasteiger partial charge in [0.1, 0.15) is 17.5 Å². The Hall–Kier alpha value is -2.48. The van der Waals surface area contributed by atoms with Crippen LogP contribution in [0.1, 0.15) is 11.1 Å². The standard InChI is InChI=1S/C14H9F3N2/c15-11-4-12(16)6-13(5-11)19-8-10-3-9(7-18)1-2-14(10)17/h1-6,19H,8H2. The second kappa shape index (κ2) is 5.44. The van der Waals surface area contributed by atoms with Crippen LogP contribution in [0.15, 0.2) is 36.4 Å². The maximum absolute atomic E-state index is 13.5.